The first-order valence-corrected chi connectivity index (χ1v) is 5.44. The first kappa shape index (κ1) is 12.6. The lowest BCUT2D eigenvalue weighted by Gasteiger charge is -2.07. The van der Waals surface area contributed by atoms with Crippen LogP contribution in [0.1, 0.15) is 30.6 Å². The van der Waals surface area contributed by atoms with Gasteiger partial charge in [-0.3, -0.25) is 0 Å². The Morgan fingerprint density at radius 1 is 1.38 bits per heavy atom. The van der Waals surface area contributed by atoms with Crippen molar-refractivity contribution in [3.8, 4) is 5.75 Å². The molecular weight excluding hydrogens is 204 g/mol. The summed E-state index contributed by atoms with van der Waals surface area (Å²) in [5.74, 6) is 0.913. The molecule has 88 valence electrons. The van der Waals surface area contributed by atoms with Crippen LogP contribution >= 0.6 is 0 Å². The number of hydrogen-bond donors (Lipinski definition) is 0. The molecule has 0 N–H and O–H groups in total. The number of carbonyl (C=O) groups is 1. The highest BCUT2D eigenvalue weighted by Gasteiger charge is 2.08. The van der Waals surface area contributed by atoms with Crippen LogP contribution in [0.25, 0.3) is 0 Å². The fourth-order valence-electron chi connectivity index (χ4n) is 1.22. The van der Waals surface area contributed by atoms with Crippen LogP contribution in [0.4, 0.5) is 0 Å². The predicted molar refractivity (Wildman–Crippen MR) is 62.7 cm³/mol. The van der Waals surface area contributed by atoms with Crippen molar-refractivity contribution >= 4 is 5.97 Å². The van der Waals surface area contributed by atoms with E-state index in [-0.39, 0.29) is 5.97 Å². The Morgan fingerprint density at radius 2 is 2.12 bits per heavy atom. The van der Waals surface area contributed by atoms with Crippen LogP contribution in [0, 0.1) is 5.92 Å². The number of ether oxygens (including phenoxy) is 2. The van der Waals surface area contributed by atoms with Crippen molar-refractivity contribution in [2.24, 2.45) is 5.92 Å². The topological polar surface area (TPSA) is 35.5 Å². The summed E-state index contributed by atoms with van der Waals surface area (Å²) >= 11 is 0. The van der Waals surface area contributed by atoms with Gasteiger partial charge in [-0.1, -0.05) is 19.9 Å². The molecule has 0 amide bonds. The van der Waals surface area contributed by atoms with E-state index < -0.39 is 0 Å². The molecule has 0 unspecified atom stereocenters. The Bertz CT molecular complexity index is 345. The SMILES string of the molecule is COc1cccc(C(=O)OCCC(C)C)c1. The van der Waals surface area contributed by atoms with E-state index in [1.807, 2.05) is 0 Å². The fraction of sp³-hybridized carbons (Fsp3) is 0.462. The molecule has 0 radical (unpaired) electrons. The standard InChI is InChI=1S/C13H18O3/c1-10(2)7-8-16-13(14)11-5-4-6-12(9-11)15-3/h4-6,9-10H,7-8H2,1-3H3. The van der Waals surface area contributed by atoms with Crippen molar-refractivity contribution in [3.63, 3.8) is 0 Å². The van der Waals surface area contributed by atoms with Crippen LogP contribution in [0.3, 0.4) is 0 Å². The molecular formula is C13H18O3. The van der Waals surface area contributed by atoms with Crippen molar-refractivity contribution in [1.29, 1.82) is 0 Å². The van der Waals surface area contributed by atoms with E-state index in [0.29, 0.717) is 23.8 Å². The van der Waals surface area contributed by atoms with Gasteiger partial charge < -0.3 is 9.47 Å². The maximum Gasteiger partial charge on any atom is 0.338 e. The fourth-order valence-corrected chi connectivity index (χ4v) is 1.22. The van der Waals surface area contributed by atoms with Crippen molar-refractivity contribution in [2.75, 3.05) is 13.7 Å². The Labute approximate surface area is 96.4 Å². The molecule has 3 heteroatoms. The molecule has 0 fully saturated rings. The monoisotopic (exact) mass is 222 g/mol. The minimum absolute atomic E-state index is 0.292. The van der Waals surface area contributed by atoms with E-state index in [9.17, 15) is 4.79 Å². The Morgan fingerprint density at radius 3 is 2.75 bits per heavy atom. The molecule has 0 aliphatic carbocycles. The van der Waals surface area contributed by atoms with Gasteiger partial charge in [0.1, 0.15) is 5.75 Å². The van der Waals surface area contributed by atoms with Crippen LogP contribution in [0.15, 0.2) is 24.3 Å². The number of methoxy groups -OCH3 is 1. The van der Waals surface area contributed by atoms with E-state index in [1.165, 1.54) is 0 Å². The average molecular weight is 222 g/mol. The average Bonchev–Trinajstić information content (AvgIpc) is 2.28. The molecule has 3 nitrogen and oxygen atoms in total. The predicted octanol–water partition coefficient (Wildman–Crippen LogP) is 2.90. The molecule has 0 aliphatic rings. The molecule has 0 aromatic heterocycles. The smallest absolute Gasteiger partial charge is 0.338 e. The highest BCUT2D eigenvalue weighted by Crippen LogP contribution is 2.13. The summed E-state index contributed by atoms with van der Waals surface area (Å²) in [7, 11) is 1.57. The van der Waals surface area contributed by atoms with Gasteiger partial charge in [-0.05, 0) is 30.5 Å². The number of rotatable bonds is 5. The first-order valence-electron chi connectivity index (χ1n) is 5.44. The van der Waals surface area contributed by atoms with Gasteiger partial charge in [0.05, 0.1) is 19.3 Å². The molecule has 1 aromatic rings. The van der Waals surface area contributed by atoms with Crippen LogP contribution in [0.5, 0.6) is 5.75 Å². The second kappa shape index (κ2) is 6.16. The summed E-state index contributed by atoms with van der Waals surface area (Å²) in [5.41, 5.74) is 0.531. The lowest BCUT2D eigenvalue weighted by molar-refractivity contribution is 0.0487. The summed E-state index contributed by atoms with van der Waals surface area (Å²) in [4.78, 5) is 11.6. The number of benzene rings is 1. The van der Waals surface area contributed by atoms with Crippen molar-refractivity contribution < 1.29 is 14.3 Å². The van der Waals surface area contributed by atoms with E-state index >= 15 is 0 Å². The summed E-state index contributed by atoms with van der Waals surface area (Å²) in [6, 6.07) is 6.97. The van der Waals surface area contributed by atoms with Gasteiger partial charge in [0.2, 0.25) is 0 Å². The summed E-state index contributed by atoms with van der Waals surface area (Å²) in [6.45, 7) is 4.66. The Balaban J connectivity index is 2.52. The Hall–Kier alpha value is -1.51. The number of esters is 1. The first-order chi connectivity index (χ1) is 7.63. The highest BCUT2D eigenvalue weighted by atomic mass is 16.5. The summed E-state index contributed by atoms with van der Waals surface area (Å²) in [6.07, 6.45) is 0.885. The maximum absolute atomic E-state index is 11.6. The van der Waals surface area contributed by atoms with E-state index in [4.69, 9.17) is 9.47 Å². The number of carbonyl (C=O) groups excluding carboxylic acids is 1. The maximum atomic E-state index is 11.6. The van der Waals surface area contributed by atoms with Gasteiger partial charge >= 0.3 is 5.97 Å². The van der Waals surface area contributed by atoms with Gasteiger partial charge in [-0.15, -0.1) is 0 Å². The zero-order valence-corrected chi connectivity index (χ0v) is 10.0. The quantitative estimate of drug-likeness (QED) is 0.718. The van der Waals surface area contributed by atoms with Crippen molar-refractivity contribution in [1.82, 2.24) is 0 Å². The molecule has 0 atom stereocenters. The third kappa shape index (κ3) is 3.93. The molecule has 0 heterocycles. The molecule has 0 bridgehead atoms. The molecule has 0 saturated heterocycles. The zero-order valence-electron chi connectivity index (χ0n) is 10.0. The largest absolute Gasteiger partial charge is 0.497 e. The van der Waals surface area contributed by atoms with Crippen LogP contribution in [0.2, 0.25) is 0 Å². The van der Waals surface area contributed by atoms with E-state index in [0.717, 1.165) is 6.42 Å². The van der Waals surface area contributed by atoms with Crippen molar-refractivity contribution in [3.05, 3.63) is 29.8 Å². The van der Waals surface area contributed by atoms with Gasteiger partial charge in [0.15, 0.2) is 0 Å². The third-order valence-electron chi connectivity index (χ3n) is 2.23. The molecule has 0 aliphatic heterocycles. The van der Waals surface area contributed by atoms with Gasteiger partial charge in [0, 0.05) is 0 Å². The lowest BCUT2D eigenvalue weighted by Crippen LogP contribution is -2.08. The lowest BCUT2D eigenvalue weighted by atomic mass is 10.1. The highest BCUT2D eigenvalue weighted by molar-refractivity contribution is 5.89. The van der Waals surface area contributed by atoms with Crippen LogP contribution < -0.4 is 4.74 Å². The normalized spacial score (nSPS) is 10.2. The van der Waals surface area contributed by atoms with Gasteiger partial charge in [0.25, 0.3) is 0 Å². The zero-order chi connectivity index (χ0) is 12.0. The van der Waals surface area contributed by atoms with E-state index in [1.54, 1.807) is 31.4 Å². The molecule has 1 aromatic carbocycles. The second-order valence-corrected chi connectivity index (χ2v) is 4.05. The molecule has 0 saturated carbocycles. The second-order valence-electron chi connectivity index (χ2n) is 4.05. The molecule has 0 spiro atoms. The summed E-state index contributed by atoms with van der Waals surface area (Å²) in [5, 5.41) is 0. The third-order valence-corrected chi connectivity index (χ3v) is 2.23. The Kier molecular flexibility index (Phi) is 4.83. The molecule has 16 heavy (non-hydrogen) atoms. The van der Waals surface area contributed by atoms with Crippen molar-refractivity contribution in [2.45, 2.75) is 20.3 Å². The summed E-state index contributed by atoms with van der Waals surface area (Å²) < 4.78 is 10.2. The minimum Gasteiger partial charge on any atom is -0.497 e. The number of hydrogen-bond acceptors (Lipinski definition) is 3. The minimum atomic E-state index is -0.292. The molecule has 1 rings (SSSR count). The van der Waals surface area contributed by atoms with E-state index in [2.05, 4.69) is 13.8 Å². The van der Waals surface area contributed by atoms with Crippen LogP contribution in [-0.2, 0) is 4.74 Å². The van der Waals surface area contributed by atoms with Gasteiger partial charge in [-0.25, -0.2) is 4.79 Å². The van der Waals surface area contributed by atoms with Crippen LogP contribution in [-0.4, -0.2) is 19.7 Å². The van der Waals surface area contributed by atoms with Gasteiger partial charge in [-0.2, -0.15) is 0 Å².